The van der Waals surface area contributed by atoms with Crippen molar-refractivity contribution >= 4 is 11.4 Å². The smallest absolute Gasteiger partial charge is 0.271 e. The molecular formula is C14H13FN2O3. The number of benzene rings is 2. The summed E-state index contributed by atoms with van der Waals surface area (Å²) in [5.74, 6) is 0.135. The summed E-state index contributed by atoms with van der Waals surface area (Å²) in [5.41, 5.74) is 0.764. The Hall–Kier alpha value is -2.63. The Labute approximate surface area is 115 Å². The highest BCUT2D eigenvalue weighted by molar-refractivity contribution is 5.53. The van der Waals surface area contributed by atoms with Crippen LogP contribution < -0.4 is 10.1 Å². The first-order valence-corrected chi connectivity index (χ1v) is 5.91. The number of hydrogen-bond acceptors (Lipinski definition) is 4. The van der Waals surface area contributed by atoms with Crippen LogP contribution in [0.3, 0.4) is 0 Å². The van der Waals surface area contributed by atoms with E-state index in [1.807, 2.05) is 18.2 Å². The maximum atomic E-state index is 13.6. The highest BCUT2D eigenvalue weighted by Crippen LogP contribution is 2.23. The second kappa shape index (κ2) is 6.01. The van der Waals surface area contributed by atoms with Gasteiger partial charge in [-0.3, -0.25) is 10.1 Å². The number of non-ortho nitro benzene ring substituents is 1. The van der Waals surface area contributed by atoms with Crippen LogP contribution in [-0.2, 0) is 6.54 Å². The summed E-state index contributed by atoms with van der Waals surface area (Å²) in [4.78, 5) is 10.1. The second-order valence-electron chi connectivity index (χ2n) is 4.09. The van der Waals surface area contributed by atoms with E-state index in [0.717, 1.165) is 17.7 Å². The van der Waals surface area contributed by atoms with Crippen LogP contribution in [0, 0.1) is 15.9 Å². The Bertz CT molecular complexity index is 632. The van der Waals surface area contributed by atoms with Gasteiger partial charge in [-0.15, -0.1) is 0 Å². The molecule has 2 rings (SSSR count). The largest absolute Gasteiger partial charge is 0.496 e. The normalized spacial score (nSPS) is 10.1. The van der Waals surface area contributed by atoms with Gasteiger partial charge >= 0.3 is 0 Å². The van der Waals surface area contributed by atoms with Gasteiger partial charge in [-0.1, -0.05) is 18.2 Å². The molecular weight excluding hydrogens is 263 g/mol. The fourth-order valence-corrected chi connectivity index (χ4v) is 1.80. The molecule has 20 heavy (non-hydrogen) atoms. The maximum Gasteiger partial charge on any atom is 0.271 e. The number of hydrogen-bond donors (Lipinski definition) is 1. The lowest BCUT2D eigenvalue weighted by Crippen LogP contribution is -2.03. The van der Waals surface area contributed by atoms with Gasteiger partial charge in [0.25, 0.3) is 5.69 Å². The minimum atomic E-state index is -0.562. The molecule has 2 aromatic rings. The lowest BCUT2D eigenvalue weighted by atomic mass is 10.2. The fourth-order valence-electron chi connectivity index (χ4n) is 1.80. The van der Waals surface area contributed by atoms with Crippen LogP contribution >= 0.6 is 0 Å². The summed E-state index contributed by atoms with van der Waals surface area (Å²) in [7, 11) is 1.55. The quantitative estimate of drug-likeness (QED) is 0.671. The zero-order chi connectivity index (χ0) is 14.5. The lowest BCUT2D eigenvalue weighted by molar-refractivity contribution is -0.384. The minimum Gasteiger partial charge on any atom is -0.496 e. The van der Waals surface area contributed by atoms with E-state index >= 15 is 0 Å². The monoisotopic (exact) mass is 276 g/mol. The first kappa shape index (κ1) is 13.8. The summed E-state index contributed by atoms with van der Waals surface area (Å²) in [6, 6.07) is 10.7. The van der Waals surface area contributed by atoms with Crippen molar-refractivity contribution in [2.45, 2.75) is 6.54 Å². The number of nitrogens with one attached hydrogen (secondary N) is 1. The molecule has 0 bridgehead atoms. The van der Waals surface area contributed by atoms with Crippen LogP contribution in [0.1, 0.15) is 5.56 Å². The summed E-state index contributed by atoms with van der Waals surface area (Å²) in [6.07, 6.45) is 0. The Morgan fingerprint density at radius 1 is 1.30 bits per heavy atom. The van der Waals surface area contributed by atoms with Crippen LogP contribution in [-0.4, -0.2) is 12.0 Å². The van der Waals surface area contributed by atoms with Crippen molar-refractivity contribution in [2.24, 2.45) is 0 Å². The van der Waals surface area contributed by atoms with Crippen molar-refractivity contribution in [1.29, 1.82) is 0 Å². The first-order valence-electron chi connectivity index (χ1n) is 5.91. The van der Waals surface area contributed by atoms with Crippen molar-refractivity contribution in [2.75, 3.05) is 12.4 Å². The third-order valence-corrected chi connectivity index (χ3v) is 2.82. The van der Waals surface area contributed by atoms with Crippen molar-refractivity contribution in [1.82, 2.24) is 0 Å². The number of nitro benzene ring substituents is 1. The number of para-hydroxylation sites is 1. The minimum absolute atomic E-state index is 0.0881. The number of nitro groups is 1. The second-order valence-corrected chi connectivity index (χ2v) is 4.09. The van der Waals surface area contributed by atoms with Gasteiger partial charge in [-0.05, 0) is 12.1 Å². The molecule has 1 N–H and O–H groups in total. The third kappa shape index (κ3) is 3.03. The van der Waals surface area contributed by atoms with Crippen LogP contribution in [0.2, 0.25) is 0 Å². The zero-order valence-electron chi connectivity index (χ0n) is 10.8. The average molecular weight is 276 g/mol. The van der Waals surface area contributed by atoms with Gasteiger partial charge in [0.1, 0.15) is 11.6 Å². The van der Waals surface area contributed by atoms with Crippen LogP contribution in [0.15, 0.2) is 42.5 Å². The Kier molecular flexibility index (Phi) is 4.14. The number of ether oxygens (including phenoxy) is 1. The number of methoxy groups -OCH3 is 1. The topological polar surface area (TPSA) is 64.4 Å². The van der Waals surface area contributed by atoms with Crippen molar-refractivity contribution in [3.8, 4) is 5.75 Å². The van der Waals surface area contributed by atoms with Gasteiger partial charge in [0, 0.05) is 24.2 Å². The van der Waals surface area contributed by atoms with Gasteiger partial charge < -0.3 is 10.1 Å². The predicted molar refractivity (Wildman–Crippen MR) is 73.4 cm³/mol. The average Bonchev–Trinajstić information content (AvgIpc) is 2.46. The van der Waals surface area contributed by atoms with E-state index in [9.17, 15) is 14.5 Å². The molecule has 0 unspecified atom stereocenters. The first-order chi connectivity index (χ1) is 9.61. The number of rotatable bonds is 5. The molecule has 0 aliphatic rings. The summed E-state index contributed by atoms with van der Waals surface area (Å²) in [6.45, 7) is 0.308. The van der Waals surface area contributed by atoms with Gasteiger partial charge in [-0.25, -0.2) is 4.39 Å². The highest BCUT2D eigenvalue weighted by Gasteiger charge is 2.11. The van der Waals surface area contributed by atoms with Crippen LogP contribution in [0.4, 0.5) is 15.8 Å². The van der Waals surface area contributed by atoms with Gasteiger partial charge in [-0.2, -0.15) is 0 Å². The molecule has 5 nitrogen and oxygen atoms in total. The van der Waals surface area contributed by atoms with E-state index < -0.39 is 10.7 Å². The molecule has 0 radical (unpaired) electrons. The highest BCUT2D eigenvalue weighted by atomic mass is 19.1. The Balaban J connectivity index is 2.18. The fraction of sp³-hybridized carbons (Fsp3) is 0.143. The van der Waals surface area contributed by atoms with Crippen LogP contribution in [0.5, 0.6) is 5.75 Å². The standard InChI is InChI=1S/C14H13FN2O3/c1-20-14-5-3-2-4-10(14)9-16-13-8-11(17(18)19)6-7-12(13)15/h2-8,16H,9H2,1H3. The van der Waals surface area contributed by atoms with E-state index in [2.05, 4.69) is 5.32 Å². The maximum absolute atomic E-state index is 13.6. The molecule has 0 aromatic heterocycles. The summed E-state index contributed by atoms with van der Waals surface area (Å²) < 4.78 is 18.8. The summed E-state index contributed by atoms with van der Waals surface area (Å²) >= 11 is 0. The van der Waals surface area contributed by atoms with Gasteiger partial charge in [0.2, 0.25) is 0 Å². The van der Waals surface area contributed by atoms with Crippen molar-refractivity contribution in [3.63, 3.8) is 0 Å². The number of halogens is 1. The predicted octanol–water partition coefficient (Wildman–Crippen LogP) is 3.35. The SMILES string of the molecule is COc1ccccc1CNc1cc([N+](=O)[O-])ccc1F. The molecule has 104 valence electrons. The summed E-state index contributed by atoms with van der Waals surface area (Å²) in [5, 5.41) is 13.5. The molecule has 0 fully saturated rings. The van der Waals surface area contributed by atoms with E-state index in [0.29, 0.717) is 12.3 Å². The molecule has 0 atom stereocenters. The lowest BCUT2D eigenvalue weighted by Gasteiger charge is -2.10. The zero-order valence-corrected chi connectivity index (χ0v) is 10.8. The van der Waals surface area contributed by atoms with E-state index in [1.54, 1.807) is 13.2 Å². The molecule has 0 saturated heterocycles. The molecule has 0 aliphatic carbocycles. The van der Waals surface area contributed by atoms with E-state index in [4.69, 9.17) is 4.74 Å². The molecule has 2 aromatic carbocycles. The van der Waals surface area contributed by atoms with Crippen LogP contribution in [0.25, 0.3) is 0 Å². The van der Waals surface area contributed by atoms with E-state index in [1.165, 1.54) is 6.07 Å². The molecule has 0 spiro atoms. The molecule has 6 heteroatoms. The van der Waals surface area contributed by atoms with Crippen molar-refractivity contribution in [3.05, 3.63) is 64.0 Å². The number of anilines is 1. The molecule has 0 saturated carbocycles. The van der Waals surface area contributed by atoms with Gasteiger partial charge in [0.15, 0.2) is 0 Å². The Morgan fingerprint density at radius 2 is 2.05 bits per heavy atom. The Morgan fingerprint density at radius 3 is 2.75 bits per heavy atom. The molecule has 0 amide bonds. The third-order valence-electron chi connectivity index (χ3n) is 2.82. The van der Waals surface area contributed by atoms with E-state index in [-0.39, 0.29) is 11.4 Å². The van der Waals surface area contributed by atoms with Crippen molar-refractivity contribution < 1.29 is 14.1 Å². The van der Waals surface area contributed by atoms with Gasteiger partial charge in [0.05, 0.1) is 17.7 Å². The number of nitrogens with zero attached hydrogens (tertiary/aromatic N) is 1. The molecule has 0 heterocycles. The molecule has 0 aliphatic heterocycles.